The standard InChI is InChI=1S/C13H22OSSi/c1-13(2,3)16(5,6)14-11-7-9-12(15-4)10-8-11/h7-10H,1-6H3. The smallest absolute Gasteiger partial charge is 0.250 e. The number of hydrogen-bond donors (Lipinski definition) is 0. The third kappa shape index (κ3) is 3.29. The summed E-state index contributed by atoms with van der Waals surface area (Å²) in [6.07, 6.45) is 2.09. The third-order valence-corrected chi connectivity index (χ3v) is 8.34. The van der Waals surface area contributed by atoms with Crippen LogP contribution in [-0.2, 0) is 0 Å². The Morgan fingerprint density at radius 2 is 1.56 bits per heavy atom. The topological polar surface area (TPSA) is 9.23 Å². The lowest BCUT2D eigenvalue weighted by Gasteiger charge is -2.36. The molecule has 0 spiro atoms. The van der Waals surface area contributed by atoms with Gasteiger partial charge in [0.15, 0.2) is 0 Å². The Balaban J connectivity index is 2.80. The second-order valence-corrected chi connectivity index (χ2v) is 11.1. The molecule has 1 aromatic carbocycles. The van der Waals surface area contributed by atoms with Gasteiger partial charge in [-0.15, -0.1) is 11.8 Å². The van der Waals surface area contributed by atoms with Gasteiger partial charge in [-0.2, -0.15) is 0 Å². The summed E-state index contributed by atoms with van der Waals surface area (Å²) in [7, 11) is -1.68. The van der Waals surface area contributed by atoms with Crippen LogP contribution in [0.3, 0.4) is 0 Å². The van der Waals surface area contributed by atoms with E-state index in [-0.39, 0.29) is 5.04 Å². The van der Waals surface area contributed by atoms with Gasteiger partial charge in [0.1, 0.15) is 5.75 Å². The van der Waals surface area contributed by atoms with Crippen LogP contribution in [0.15, 0.2) is 29.2 Å². The molecule has 3 heteroatoms. The molecule has 0 fully saturated rings. The first-order chi connectivity index (χ1) is 7.26. The molecule has 0 aliphatic heterocycles. The highest BCUT2D eigenvalue weighted by molar-refractivity contribution is 7.98. The van der Waals surface area contributed by atoms with E-state index in [4.69, 9.17) is 4.43 Å². The monoisotopic (exact) mass is 254 g/mol. The summed E-state index contributed by atoms with van der Waals surface area (Å²) < 4.78 is 6.20. The van der Waals surface area contributed by atoms with Crippen LogP contribution in [0.1, 0.15) is 20.8 Å². The van der Waals surface area contributed by atoms with Crippen molar-refractivity contribution < 1.29 is 4.43 Å². The summed E-state index contributed by atoms with van der Waals surface area (Å²) in [6.45, 7) is 11.3. The zero-order valence-electron chi connectivity index (χ0n) is 11.1. The normalized spacial score (nSPS) is 12.6. The number of rotatable bonds is 3. The van der Waals surface area contributed by atoms with Crippen molar-refractivity contribution in [1.29, 1.82) is 0 Å². The molecule has 0 unspecified atom stereocenters. The van der Waals surface area contributed by atoms with Crippen molar-refractivity contribution in [1.82, 2.24) is 0 Å². The summed E-state index contributed by atoms with van der Waals surface area (Å²) in [5, 5.41) is 0.255. The van der Waals surface area contributed by atoms with Gasteiger partial charge < -0.3 is 4.43 Å². The Morgan fingerprint density at radius 3 is 1.94 bits per heavy atom. The van der Waals surface area contributed by atoms with E-state index in [1.54, 1.807) is 11.8 Å². The highest BCUT2D eigenvalue weighted by atomic mass is 32.2. The van der Waals surface area contributed by atoms with Crippen LogP contribution in [-0.4, -0.2) is 14.6 Å². The van der Waals surface area contributed by atoms with Crippen LogP contribution in [0, 0.1) is 0 Å². The Morgan fingerprint density at radius 1 is 1.06 bits per heavy atom. The molecule has 0 amide bonds. The summed E-state index contributed by atoms with van der Waals surface area (Å²) in [4.78, 5) is 1.28. The van der Waals surface area contributed by atoms with Crippen LogP contribution >= 0.6 is 11.8 Å². The van der Waals surface area contributed by atoms with Gasteiger partial charge in [-0.05, 0) is 48.7 Å². The van der Waals surface area contributed by atoms with Crippen LogP contribution in [0.4, 0.5) is 0 Å². The molecule has 0 aliphatic rings. The van der Waals surface area contributed by atoms with E-state index in [0.717, 1.165) is 5.75 Å². The molecule has 0 saturated carbocycles. The van der Waals surface area contributed by atoms with E-state index in [1.807, 2.05) is 0 Å². The zero-order chi connectivity index (χ0) is 12.4. The highest BCUT2D eigenvalue weighted by Crippen LogP contribution is 2.37. The average Bonchev–Trinajstić information content (AvgIpc) is 2.16. The lowest BCUT2D eigenvalue weighted by molar-refractivity contribution is 0.492. The molecular weight excluding hydrogens is 232 g/mol. The fourth-order valence-corrected chi connectivity index (χ4v) is 2.53. The molecule has 1 rings (SSSR count). The van der Waals surface area contributed by atoms with Crippen molar-refractivity contribution in [2.75, 3.05) is 6.26 Å². The maximum Gasteiger partial charge on any atom is 0.250 e. The molecule has 0 saturated heterocycles. The molecule has 0 bridgehead atoms. The molecule has 90 valence electrons. The maximum atomic E-state index is 6.20. The number of hydrogen-bond acceptors (Lipinski definition) is 2. The lowest BCUT2D eigenvalue weighted by atomic mass is 10.2. The minimum Gasteiger partial charge on any atom is -0.544 e. The molecule has 0 aliphatic carbocycles. The minimum absolute atomic E-state index is 0.255. The molecule has 0 heterocycles. The second kappa shape index (κ2) is 4.84. The van der Waals surface area contributed by atoms with Crippen LogP contribution in [0.5, 0.6) is 5.75 Å². The summed E-state index contributed by atoms with van der Waals surface area (Å²) in [5.74, 6) is 1.00. The first-order valence-electron chi connectivity index (χ1n) is 5.59. The predicted octanol–water partition coefficient (Wildman–Crippen LogP) is 4.79. The van der Waals surface area contributed by atoms with E-state index in [9.17, 15) is 0 Å². The first kappa shape index (κ1) is 13.7. The van der Waals surface area contributed by atoms with Crippen LogP contribution in [0.25, 0.3) is 0 Å². The van der Waals surface area contributed by atoms with Crippen LogP contribution in [0.2, 0.25) is 18.1 Å². The van der Waals surface area contributed by atoms with Gasteiger partial charge in [0.05, 0.1) is 0 Å². The molecule has 0 aromatic heterocycles. The van der Waals surface area contributed by atoms with Gasteiger partial charge in [0, 0.05) is 4.90 Å². The lowest BCUT2D eigenvalue weighted by Crippen LogP contribution is -2.43. The van der Waals surface area contributed by atoms with Crippen molar-refractivity contribution >= 4 is 20.1 Å². The molecule has 1 nitrogen and oxygen atoms in total. The zero-order valence-corrected chi connectivity index (χ0v) is 12.9. The molecule has 0 atom stereocenters. The summed E-state index contributed by atoms with van der Waals surface area (Å²) in [5.41, 5.74) is 0. The quantitative estimate of drug-likeness (QED) is 0.566. The minimum atomic E-state index is -1.68. The van der Waals surface area contributed by atoms with Gasteiger partial charge in [-0.25, -0.2) is 0 Å². The molecule has 0 radical (unpaired) electrons. The van der Waals surface area contributed by atoms with Crippen molar-refractivity contribution in [2.24, 2.45) is 0 Å². The van der Waals surface area contributed by atoms with Gasteiger partial charge in [0.25, 0.3) is 0 Å². The van der Waals surface area contributed by atoms with E-state index in [1.165, 1.54) is 4.90 Å². The Kier molecular flexibility index (Phi) is 4.13. The average molecular weight is 254 g/mol. The number of benzene rings is 1. The van der Waals surface area contributed by atoms with Crippen LogP contribution < -0.4 is 4.43 Å². The Labute approximate surface area is 105 Å². The first-order valence-corrected chi connectivity index (χ1v) is 9.72. The SMILES string of the molecule is CSc1ccc(O[Si](C)(C)C(C)(C)C)cc1. The van der Waals surface area contributed by atoms with Gasteiger partial charge in [-0.1, -0.05) is 20.8 Å². The van der Waals surface area contributed by atoms with E-state index in [0.29, 0.717) is 0 Å². The van der Waals surface area contributed by atoms with Crippen molar-refractivity contribution in [3.8, 4) is 5.75 Å². The van der Waals surface area contributed by atoms with Crippen molar-refractivity contribution in [3.05, 3.63) is 24.3 Å². The largest absolute Gasteiger partial charge is 0.544 e. The molecular formula is C13H22OSSi. The fourth-order valence-electron chi connectivity index (χ4n) is 1.09. The summed E-state index contributed by atoms with van der Waals surface area (Å²) >= 11 is 1.76. The van der Waals surface area contributed by atoms with Crippen molar-refractivity contribution in [2.45, 2.75) is 43.8 Å². The Bertz CT molecular complexity index is 338. The van der Waals surface area contributed by atoms with Gasteiger partial charge in [0.2, 0.25) is 8.32 Å². The van der Waals surface area contributed by atoms with E-state index < -0.39 is 8.32 Å². The maximum absolute atomic E-state index is 6.20. The van der Waals surface area contributed by atoms with Gasteiger partial charge >= 0.3 is 0 Å². The molecule has 1 aromatic rings. The van der Waals surface area contributed by atoms with E-state index >= 15 is 0 Å². The summed E-state index contributed by atoms with van der Waals surface area (Å²) in [6, 6.07) is 8.39. The molecule has 16 heavy (non-hydrogen) atoms. The fraction of sp³-hybridized carbons (Fsp3) is 0.538. The van der Waals surface area contributed by atoms with Gasteiger partial charge in [-0.3, -0.25) is 0 Å². The van der Waals surface area contributed by atoms with E-state index in [2.05, 4.69) is 64.4 Å². The third-order valence-electron chi connectivity index (χ3n) is 3.24. The Hall–Kier alpha value is -0.413. The predicted molar refractivity (Wildman–Crippen MR) is 76.0 cm³/mol. The van der Waals surface area contributed by atoms with Crippen molar-refractivity contribution in [3.63, 3.8) is 0 Å². The second-order valence-electron chi connectivity index (χ2n) is 5.54. The molecule has 0 N–H and O–H groups in total. The highest BCUT2D eigenvalue weighted by Gasteiger charge is 2.38. The number of thioether (sulfide) groups is 1.